The average molecular weight is 746 g/mol. The Bertz CT molecular complexity index is 1670. The van der Waals surface area contributed by atoms with E-state index in [0.717, 1.165) is 76.1 Å². The second-order valence-electron chi connectivity index (χ2n) is 12.9. The second-order valence-corrected chi connectivity index (χ2v) is 15.8. The van der Waals surface area contributed by atoms with Crippen LogP contribution in [0.25, 0.3) is 0 Å². The van der Waals surface area contributed by atoms with Crippen LogP contribution in [0.15, 0.2) is 41.0 Å². The Hall–Kier alpha value is -3.33. The summed E-state index contributed by atoms with van der Waals surface area (Å²) in [5, 5.41) is 6.70. The minimum absolute atomic E-state index is 0.373. The van der Waals surface area contributed by atoms with Crippen molar-refractivity contribution in [3.8, 4) is 11.5 Å². The summed E-state index contributed by atoms with van der Waals surface area (Å²) in [5.74, 6) is 2.17. The van der Waals surface area contributed by atoms with Crippen LogP contribution in [0.2, 0.25) is 0 Å². The molecule has 0 spiro atoms. The second kappa shape index (κ2) is 15.9. The van der Waals surface area contributed by atoms with E-state index < -0.39 is 10.0 Å². The Labute approximate surface area is 294 Å². The fourth-order valence-corrected chi connectivity index (χ4v) is 6.95. The Morgan fingerprint density at radius 2 is 1.79 bits per heavy atom. The third-order valence-electron chi connectivity index (χ3n) is 9.14. The summed E-state index contributed by atoms with van der Waals surface area (Å²) in [5.41, 5.74) is 4.27. The molecule has 14 heteroatoms. The van der Waals surface area contributed by atoms with Crippen molar-refractivity contribution >= 4 is 60.5 Å². The van der Waals surface area contributed by atoms with Crippen molar-refractivity contribution in [3.05, 3.63) is 46.6 Å². The fourth-order valence-electron chi connectivity index (χ4n) is 6.16. The first-order valence-corrected chi connectivity index (χ1v) is 19.1. The first-order chi connectivity index (χ1) is 22.9. The van der Waals surface area contributed by atoms with Crippen LogP contribution in [0.3, 0.4) is 0 Å². The van der Waals surface area contributed by atoms with E-state index in [0.29, 0.717) is 46.0 Å². The van der Waals surface area contributed by atoms with Gasteiger partial charge in [0.25, 0.3) is 0 Å². The molecule has 2 N–H and O–H groups in total. The van der Waals surface area contributed by atoms with Crippen LogP contribution < -0.4 is 29.3 Å². The van der Waals surface area contributed by atoms with Crippen LogP contribution in [-0.4, -0.2) is 109 Å². The molecule has 6 rings (SSSR count). The number of hydrogen-bond acceptors (Lipinski definition) is 11. The highest BCUT2D eigenvalue weighted by Gasteiger charge is 2.25. The zero-order chi connectivity index (χ0) is 34.4. The number of likely N-dealkylation sites (N-methyl/N-ethyl adjacent to an activating group) is 2. The van der Waals surface area contributed by atoms with Gasteiger partial charge in [0.05, 0.1) is 41.5 Å². The topological polar surface area (TPSA) is 115 Å². The molecule has 1 aromatic heterocycles. The maximum absolute atomic E-state index is 12.5. The number of rotatable bonds is 8. The summed E-state index contributed by atoms with van der Waals surface area (Å²) in [6.45, 7) is 4.65. The van der Waals surface area contributed by atoms with E-state index in [2.05, 4.69) is 79.5 Å². The van der Waals surface area contributed by atoms with E-state index >= 15 is 0 Å². The van der Waals surface area contributed by atoms with Crippen LogP contribution in [0.4, 0.5) is 34.5 Å². The molecule has 3 aliphatic heterocycles. The molecule has 1 fully saturated rings. The Kier molecular flexibility index (Phi) is 11.9. The van der Waals surface area contributed by atoms with Gasteiger partial charge in [0.2, 0.25) is 16.0 Å². The lowest BCUT2D eigenvalue weighted by molar-refractivity contribution is 0.190. The summed E-state index contributed by atoms with van der Waals surface area (Å²) >= 11 is 3.56. The maximum Gasteiger partial charge on any atom is 0.232 e. The SMILES string of the molecule is COc1cc(N2CCC(N(C)CCN(C)C)CC2)c2cc1Nc1ncc(Br)c(n1)Nc1ccc(cc1N(C)S(C)(=O)=O)OCCCCC2. The number of sulfonamides is 1. The monoisotopic (exact) mass is 744 g/mol. The van der Waals surface area contributed by atoms with Crippen LogP contribution >= 0.6 is 15.9 Å². The van der Waals surface area contributed by atoms with Gasteiger partial charge in [0.15, 0.2) is 0 Å². The van der Waals surface area contributed by atoms with Crippen molar-refractivity contribution in [2.24, 2.45) is 0 Å². The summed E-state index contributed by atoms with van der Waals surface area (Å²) in [6, 6.07) is 10.3. The van der Waals surface area contributed by atoms with Gasteiger partial charge in [-0.05, 0) is 99.4 Å². The number of ether oxygens (including phenoxy) is 2. The number of aryl methyl sites for hydroxylation is 1. The number of halogens is 1. The van der Waals surface area contributed by atoms with Crippen LogP contribution in [0.1, 0.15) is 37.7 Å². The van der Waals surface area contributed by atoms with Gasteiger partial charge in [-0.2, -0.15) is 4.98 Å². The molecule has 0 radical (unpaired) electrons. The summed E-state index contributed by atoms with van der Waals surface area (Å²) in [4.78, 5) is 16.5. The molecule has 2 aromatic carbocycles. The van der Waals surface area contributed by atoms with Gasteiger partial charge in [0.1, 0.15) is 17.3 Å². The number of nitrogens with zero attached hydrogens (tertiary/aromatic N) is 6. The van der Waals surface area contributed by atoms with E-state index in [4.69, 9.17) is 14.5 Å². The molecule has 3 aliphatic rings. The first-order valence-electron chi connectivity index (χ1n) is 16.5. The lowest BCUT2D eigenvalue weighted by Gasteiger charge is -2.39. The molecular weight excluding hydrogens is 696 g/mol. The number of anilines is 6. The van der Waals surface area contributed by atoms with E-state index in [1.165, 1.54) is 28.9 Å². The van der Waals surface area contributed by atoms with Gasteiger partial charge in [0, 0.05) is 63.3 Å². The number of nitrogens with one attached hydrogen (secondary N) is 2. The standard InChI is InChI=1S/C34H49BrN8O4S/c1-40(2)17-18-41(3)25-13-15-43(16-14-25)30-22-32(46-5)29-20-24(30)10-8-7-9-19-47-26-11-12-28(31(21-26)42(4)48(6,44)45)37-33-27(35)23-36-34(38-29)39-33/h11-12,20-23,25H,7-10,13-19H2,1-6H3,(H2,36,37,38,39). The predicted octanol–water partition coefficient (Wildman–Crippen LogP) is 5.70. The van der Waals surface area contributed by atoms with Crippen LogP contribution in [0, 0.1) is 0 Å². The molecule has 4 heterocycles. The smallest absolute Gasteiger partial charge is 0.232 e. The van der Waals surface area contributed by atoms with Crippen molar-refractivity contribution < 1.29 is 17.9 Å². The average Bonchev–Trinajstić information content (AvgIpc) is 3.06. The van der Waals surface area contributed by atoms with Gasteiger partial charge in [-0.3, -0.25) is 4.31 Å². The zero-order valence-electron chi connectivity index (χ0n) is 28.9. The number of benzene rings is 2. The Morgan fingerprint density at radius 3 is 2.50 bits per heavy atom. The number of piperidine rings is 1. The minimum atomic E-state index is -3.54. The predicted molar refractivity (Wildman–Crippen MR) is 198 cm³/mol. The van der Waals surface area contributed by atoms with E-state index in [9.17, 15) is 8.42 Å². The lowest BCUT2D eigenvalue weighted by atomic mass is 9.98. The molecular formula is C34H49BrN8O4S. The van der Waals surface area contributed by atoms with Crippen molar-refractivity contribution in [2.45, 2.75) is 44.6 Å². The third-order valence-corrected chi connectivity index (χ3v) is 10.9. The molecule has 0 saturated carbocycles. The highest BCUT2D eigenvalue weighted by atomic mass is 79.9. The van der Waals surface area contributed by atoms with E-state index in [-0.39, 0.29) is 0 Å². The number of methoxy groups -OCH3 is 1. The van der Waals surface area contributed by atoms with Crippen LogP contribution in [0.5, 0.6) is 11.5 Å². The van der Waals surface area contributed by atoms with Gasteiger partial charge in [-0.1, -0.05) is 0 Å². The maximum atomic E-state index is 12.5. The van der Waals surface area contributed by atoms with Crippen molar-refractivity contribution in [1.29, 1.82) is 0 Å². The summed E-state index contributed by atoms with van der Waals surface area (Å²) in [6.07, 6.45) is 8.84. The molecule has 12 nitrogen and oxygen atoms in total. The molecule has 262 valence electrons. The fraction of sp³-hybridized carbons (Fsp3) is 0.529. The molecule has 6 bridgehead atoms. The zero-order valence-corrected chi connectivity index (χ0v) is 31.3. The van der Waals surface area contributed by atoms with Gasteiger partial charge >= 0.3 is 0 Å². The number of aromatic nitrogens is 2. The molecule has 1 saturated heterocycles. The van der Waals surface area contributed by atoms with Gasteiger partial charge < -0.3 is 34.8 Å². The third kappa shape index (κ3) is 9.01. The quantitative estimate of drug-likeness (QED) is 0.296. The summed E-state index contributed by atoms with van der Waals surface area (Å²) < 4.78 is 39.0. The van der Waals surface area contributed by atoms with Crippen LogP contribution in [-0.2, 0) is 16.4 Å². The Balaban J connectivity index is 1.45. The number of hydrogen-bond donors (Lipinski definition) is 2. The van der Waals surface area contributed by atoms with Crippen molar-refractivity contribution in [1.82, 2.24) is 19.8 Å². The molecule has 0 aliphatic carbocycles. The minimum Gasteiger partial charge on any atom is -0.494 e. The first kappa shape index (κ1) is 36.0. The lowest BCUT2D eigenvalue weighted by Crippen LogP contribution is -2.45. The number of fused-ring (bicyclic) bond motifs is 7. The van der Waals surface area contributed by atoms with Gasteiger partial charge in [-0.15, -0.1) is 0 Å². The molecule has 0 atom stereocenters. The normalized spacial score (nSPS) is 16.1. The Morgan fingerprint density at radius 1 is 1.02 bits per heavy atom. The van der Waals surface area contributed by atoms with Crippen molar-refractivity contribution in [2.75, 3.05) is 94.2 Å². The van der Waals surface area contributed by atoms with Gasteiger partial charge in [-0.25, -0.2) is 13.4 Å². The highest BCUT2D eigenvalue weighted by Crippen LogP contribution is 2.39. The van der Waals surface area contributed by atoms with Crippen molar-refractivity contribution in [3.63, 3.8) is 0 Å². The molecule has 3 aromatic rings. The molecule has 0 unspecified atom stereocenters. The highest BCUT2D eigenvalue weighted by molar-refractivity contribution is 9.10. The largest absolute Gasteiger partial charge is 0.494 e. The summed E-state index contributed by atoms with van der Waals surface area (Å²) in [7, 11) is 6.17. The van der Waals surface area contributed by atoms with E-state index in [1.54, 1.807) is 25.4 Å². The molecule has 48 heavy (non-hydrogen) atoms. The molecule has 0 amide bonds. The van der Waals surface area contributed by atoms with E-state index in [1.807, 2.05) is 6.07 Å².